The molecule has 0 aliphatic rings. The first kappa shape index (κ1) is 14.3. The standard InChI is InChI=1S/C8H17NO2.ClH/c1-5(2)6(3)4-7(9)8(10)11;/h5-7H,4,9H2,1-3H3,(H,10,11);1H/t6-,7-;/m0./s1. The fourth-order valence-corrected chi connectivity index (χ4v) is 0.822. The Morgan fingerprint density at radius 1 is 1.42 bits per heavy atom. The van der Waals surface area contributed by atoms with Gasteiger partial charge in [0.05, 0.1) is 0 Å². The molecule has 0 spiro atoms. The molecular weight excluding hydrogens is 178 g/mol. The van der Waals surface area contributed by atoms with Crippen molar-refractivity contribution in [3.63, 3.8) is 0 Å². The van der Waals surface area contributed by atoms with Crippen LogP contribution in [0.25, 0.3) is 0 Å². The Morgan fingerprint density at radius 3 is 2.08 bits per heavy atom. The van der Waals surface area contributed by atoms with E-state index in [1.165, 1.54) is 0 Å². The van der Waals surface area contributed by atoms with Gasteiger partial charge in [-0.2, -0.15) is 0 Å². The monoisotopic (exact) mass is 195 g/mol. The highest BCUT2D eigenvalue weighted by Gasteiger charge is 2.20. The van der Waals surface area contributed by atoms with Crippen LogP contribution >= 0.6 is 0 Å². The summed E-state index contributed by atoms with van der Waals surface area (Å²) in [6.07, 6.45) is 0.674. The van der Waals surface area contributed by atoms with Crippen LogP contribution in [0.4, 0.5) is 0 Å². The van der Waals surface area contributed by atoms with E-state index in [9.17, 15) is 4.79 Å². The van der Waals surface area contributed by atoms with E-state index in [0.717, 1.165) is 0 Å². The first-order chi connectivity index (χ1) is 4.95. The number of quaternary nitrogens is 1. The summed E-state index contributed by atoms with van der Waals surface area (Å²) in [6.45, 7) is 6.25. The second-order valence-electron chi connectivity index (χ2n) is 3.49. The molecule has 0 unspecified atom stereocenters. The minimum Gasteiger partial charge on any atom is -1.00 e. The van der Waals surface area contributed by atoms with Crippen molar-refractivity contribution < 1.29 is 28.0 Å². The van der Waals surface area contributed by atoms with Crippen LogP contribution in [0, 0.1) is 11.8 Å². The Morgan fingerprint density at radius 2 is 1.83 bits per heavy atom. The van der Waals surface area contributed by atoms with E-state index in [0.29, 0.717) is 18.3 Å². The Kier molecular flexibility index (Phi) is 7.44. The lowest BCUT2D eigenvalue weighted by molar-refractivity contribution is -0.411. The van der Waals surface area contributed by atoms with Gasteiger partial charge < -0.3 is 23.2 Å². The van der Waals surface area contributed by atoms with Gasteiger partial charge in [-0.25, -0.2) is 4.79 Å². The molecule has 0 heterocycles. The summed E-state index contributed by atoms with van der Waals surface area (Å²) >= 11 is 0. The number of hydrogen-bond donors (Lipinski definition) is 2. The Labute approximate surface area is 79.7 Å². The van der Waals surface area contributed by atoms with Crippen molar-refractivity contribution in [1.29, 1.82) is 0 Å². The maximum atomic E-state index is 10.4. The fourth-order valence-electron chi connectivity index (χ4n) is 0.822. The van der Waals surface area contributed by atoms with Gasteiger partial charge in [0, 0.05) is 6.42 Å². The summed E-state index contributed by atoms with van der Waals surface area (Å²) in [7, 11) is 0. The number of carboxylic acid groups (broad SMARTS) is 1. The van der Waals surface area contributed by atoms with Crippen LogP contribution in [0.1, 0.15) is 27.2 Å². The van der Waals surface area contributed by atoms with Crippen molar-refractivity contribution in [2.75, 3.05) is 0 Å². The predicted molar refractivity (Wildman–Crippen MR) is 42.9 cm³/mol. The van der Waals surface area contributed by atoms with Crippen LogP contribution in [-0.4, -0.2) is 17.1 Å². The van der Waals surface area contributed by atoms with E-state index < -0.39 is 12.0 Å². The molecule has 3 nitrogen and oxygen atoms in total. The van der Waals surface area contributed by atoms with E-state index in [1.807, 2.05) is 0 Å². The molecule has 0 saturated carbocycles. The molecule has 0 aliphatic carbocycles. The maximum Gasteiger partial charge on any atom is 0.362 e. The SMILES string of the molecule is CC(C)[C@@H](C)C[C@H]([NH3+])C(=O)O.[Cl-]. The molecule has 2 atom stereocenters. The van der Waals surface area contributed by atoms with Gasteiger partial charge in [0.15, 0.2) is 6.04 Å². The lowest BCUT2D eigenvalue weighted by Crippen LogP contribution is -3.00. The summed E-state index contributed by atoms with van der Waals surface area (Å²) < 4.78 is 0. The smallest absolute Gasteiger partial charge is 0.362 e. The number of hydrogen-bond acceptors (Lipinski definition) is 1. The topological polar surface area (TPSA) is 64.9 Å². The Balaban J connectivity index is 0. The van der Waals surface area contributed by atoms with Gasteiger partial charge in [-0.1, -0.05) is 20.8 Å². The van der Waals surface area contributed by atoms with E-state index in [2.05, 4.69) is 26.5 Å². The van der Waals surface area contributed by atoms with Gasteiger partial charge in [-0.05, 0) is 11.8 Å². The molecule has 0 aromatic carbocycles. The lowest BCUT2D eigenvalue weighted by atomic mass is 9.91. The first-order valence-electron chi connectivity index (χ1n) is 4.01. The number of aliphatic carboxylic acids is 1. The molecule has 0 amide bonds. The van der Waals surface area contributed by atoms with Crippen molar-refractivity contribution in [2.45, 2.75) is 33.2 Å². The van der Waals surface area contributed by atoms with Gasteiger partial charge >= 0.3 is 5.97 Å². The molecule has 0 aliphatic heterocycles. The molecule has 0 aromatic rings. The average Bonchev–Trinajstić information content (AvgIpc) is 1.87. The van der Waals surface area contributed by atoms with Crippen molar-refractivity contribution in [3.8, 4) is 0 Å². The van der Waals surface area contributed by atoms with Gasteiger partial charge in [-0.15, -0.1) is 0 Å². The number of carboxylic acids is 1. The zero-order valence-electron chi connectivity index (χ0n) is 7.88. The third kappa shape index (κ3) is 5.38. The van der Waals surface area contributed by atoms with Crippen molar-refractivity contribution in [3.05, 3.63) is 0 Å². The van der Waals surface area contributed by atoms with Crippen LogP contribution < -0.4 is 18.1 Å². The molecule has 0 aromatic heterocycles. The van der Waals surface area contributed by atoms with E-state index in [1.54, 1.807) is 0 Å². The molecule has 4 N–H and O–H groups in total. The highest BCUT2D eigenvalue weighted by Crippen LogP contribution is 2.14. The number of carbonyl (C=O) groups is 1. The predicted octanol–water partition coefficient (Wildman–Crippen LogP) is -2.63. The summed E-state index contributed by atoms with van der Waals surface area (Å²) in [4.78, 5) is 10.4. The molecule has 0 rings (SSSR count). The molecule has 0 radical (unpaired) electrons. The van der Waals surface area contributed by atoms with Crippen molar-refractivity contribution >= 4 is 5.97 Å². The third-order valence-electron chi connectivity index (χ3n) is 2.14. The quantitative estimate of drug-likeness (QED) is 0.516. The van der Waals surface area contributed by atoms with E-state index >= 15 is 0 Å². The van der Waals surface area contributed by atoms with Crippen molar-refractivity contribution in [2.24, 2.45) is 11.8 Å². The second-order valence-corrected chi connectivity index (χ2v) is 3.49. The summed E-state index contributed by atoms with van der Waals surface area (Å²) in [6, 6.07) is -0.451. The highest BCUT2D eigenvalue weighted by atomic mass is 35.5. The summed E-state index contributed by atoms with van der Waals surface area (Å²) in [5, 5.41) is 8.55. The number of halogens is 1. The van der Waals surface area contributed by atoms with Crippen LogP contribution in [0.5, 0.6) is 0 Å². The van der Waals surface area contributed by atoms with Gasteiger partial charge in [0.1, 0.15) is 0 Å². The fraction of sp³-hybridized carbons (Fsp3) is 0.875. The minimum absolute atomic E-state index is 0. The molecule has 0 fully saturated rings. The Bertz CT molecular complexity index is 139. The molecule has 4 heteroatoms. The number of rotatable bonds is 4. The molecule has 74 valence electrons. The van der Waals surface area contributed by atoms with Gasteiger partial charge in [-0.3, -0.25) is 0 Å². The molecule has 0 bridgehead atoms. The van der Waals surface area contributed by atoms with Crippen LogP contribution in [0.15, 0.2) is 0 Å². The van der Waals surface area contributed by atoms with Crippen LogP contribution in [-0.2, 0) is 4.79 Å². The second kappa shape index (κ2) is 6.26. The third-order valence-corrected chi connectivity index (χ3v) is 2.14. The zero-order chi connectivity index (χ0) is 9.02. The molecule has 12 heavy (non-hydrogen) atoms. The van der Waals surface area contributed by atoms with Crippen LogP contribution in [0.2, 0.25) is 0 Å². The first-order valence-corrected chi connectivity index (χ1v) is 4.01. The zero-order valence-corrected chi connectivity index (χ0v) is 8.64. The molecule has 0 saturated heterocycles. The molecular formula is C8H18ClNO2. The normalized spacial score (nSPS) is 15.1. The van der Waals surface area contributed by atoms with E-state index in [4.69, 9.17) is 5.11 Å². The summed E-state index contributed by atoms with van der Waals surface area (Å²) in [5.74, 6) is 0.185. The van der Waals surface area contributed by atoms with Gasteiger partial charge in [0.25, 0.3) is 0 Å². The largest absolute Gasteiger partial charge is 1.00 e. The average molecular weight is 196 g/mol. The summed E-state index contributed by atoms with van der Waals surface area (Å²) in [5.41, 5.74) is 3.56. The van der Waals surface area contributed by atoms with Crippen LogP contribution in [0.3, 0.4) is 0 Å². The lowest BCUT2D eigenvalue weighted by Gasteiger charge is -2.15. The van der Waals surface area contributed by atoms with E-state index in [-0.39, 0.29) is 12.4 Å². The van der Waals surface area contributed by atoms with Gasteiger partial charge in [0.2, 0.25) is 0 Å². The maximum absolute atomic E-state index is 10.4. The van der Waals surface area contributed by atoms with Crippen molar-refractivity contribution in [1.82, 2.24) is 0 Å². The minimum atomic E-state index is -0.794. The highest BCUT2D eigenvalue weighted by molar-refractivity contribution is 5.71. The Hall–Kier alpha value is -0.280.